The Labute approximate surface area is 92.6 Å². The Kier molecular flexibility index (Phi) is 4.00. The maximum absolute atomic E-state index is 9.98. The standard InChI is InChI=1S/C12H24N2O/c13-9-10-5-7-14(8-6-10)11-3-1-2-4-12(11)15/h10-12,15H,1-9,13H2. The Hall–Kier alpha value is -0.120. The summed E-state index contributed by atoms with van der Waals surface area (Å²) in [6.07, 6.45) is 7.05. The molecule has 1 aliphatic heterocycles. The summed E-state index contributed by atoms with van der Waals surface area (Å²) < 4.78 is 0. The highest BCUT2D eigenvalue weighted by Crippen LogP contribution is 2.27. The molecule has 1 saturated carbocycles. The van der Waals surface area contributed by atoms with Gasteiger partial charge < -0.3 is 10.8 Å². The third-order valence-corrected chi connectivity index (χ3v) is 4.15. The van der Waals surface area contributed by atoms with Gasteiger partial charge in [0, 0.05) is 6.04 Å². The van der Waals surface area contributed by atoms with Gasteiger partial charge in [-0.15, -0.1) is 0 Å². The first-order valence-electron chi connectivity index (χ1n) is 6.43. The minimum Gasteiger partial charge on any atom is -0.391 e. The molecule has 2 unspecified atom stereocenters. The van der Waals surface area contributed by atoms with Gasteiger partial charge in [0.05, 0.1) is 6.10 Å². The Morgan fingerprint density at radius 3 is 2.33 bits per heavy atom. The number of likely N-dealkylation sites (tertiary alicyclic amines) is 1. The van der Waals surface area contributed by atoms with E-state index >= 15 is 0 Å². The van der Waals surface area contributed by atoms with E-state index in [0.717, 1.165) is 32.0 Å². The van der Waals surface area contributed by atoms with Crippen LogP contribution in [0.25, 0.3) is 0 Å². The number of hydrogen-bond acceptors (Lipinski definition) is 3. The van der Waals surface area contributed by atoms with Gasteiger partial charge in [-0.1, -0.05) is 12.8 Å². The molecule has 3 heteroatoms. The van der Waals surface area contributed by atoms with Gasteiger partial charge in [0.1, 0.15) is 0 Å². The summed E-state index contributed by atoms with van der Waals surface area (Å²) >= 11 is 0. The van der Waals surface area contributed by atoms with Crippen molar-refractivity contribution in [3.05, 3.63) is 0 Å². The number of rotatable bonds is 2. The molecular weight excluding hydrogens is 188 g/mol. The molecule has 2 fully saturated rings. The van der Waals surface area contributed by atoms with Gasteiger partial charge in [-0.05, 0) is 51.2 Å². The summed E-state index contributed by atoms with van der Waals surface area (Å²) in [4.78, 5) is 2.50. The Balaban J connectivity index is 1.83. The second-order valence-corrected chi connectivity index (χ2v) is 5.13. The van der Waals surface area contributed by atoms with Gasteiger partial charge in [0.15, 0.2) is 0 Å². The fraction of sp³-hybridized carbons (Fsp3) is 1.00. The van der Waals surface area contributed by atoms with Crippen molar-refractivity contribution in [2.24, 2.45) is 11.7 Å². The van der Waals surface area contributed by atoms with Crippen LogP contribution in [0.1, 0.15) is 38.5 Å². The van der Waals surface area contributed by atoms with E-state index in [1.54, 1.807) is 0 Å². The summed E-state index contributed by atoms with van der Waals surface area (Å²) in [5.41, 5.74) is 5.69. The van der Waals surface area contributed by atoms with Crippen molar-refractivity contribution in [3.63, 3.8) is 0 Å². The molecule has 1 saturated heterocycles. The number of aliphatic hydroxyl groups is 1. The van der Waals surface area contributed by atoms with E-state index in [-0.39, 0.29) is 6.10 Å². The molecule has 0 spiro atoms. The zero-order chi connectivity index (χ0) is 10.7. The van der Waals surface area contributed by atoms with Crippen molar-refractivity contribution in [2.75, 3.05) is 19.6 Å². The fourth-order valence-corrected chi connectivity index (χ4v) is 3.04. The van der Waals surface area contributed by atoms with Crippen LogP contribution in [0.2, 0.25) is 0 Å². The highest BCUT2D eigenvalue weighted by atomic mass is 16.3. The molecule has 15 heavy (non-hydrogen) atoms. The zero-order valence-corrected chi connectivity index (χ0v) is 9.57. The summed E-state index contributed by atoms with van der Waals surface area (Å²) in [7, 11) is 0. The van der Waals surface area contributed by atoms with Crippen LogP contribution in [0, 0.1) is 5.92 Å². The van der Waals surface area contributed by atoms with Crippen LogP contribution in [-0.4, -0.2) is 41.8 Å². The molecule has 3 nitrogen and oxygen atoms in total. The van der Waals surface area contributed by atoms with Crippen LogP contribution in [0.5, 0.6) is 0 Å². The molecule has 0 aromatic carbocycles. The molecule has 0 amide bonds. The van der Waals surface area contributed by atoms with E-state index in [0.29, 0.717) is 6.04 Å². The van der Waals surface area contributed by atoms with Crippen LogP contribution in [-0.2, 0) is 0 Å². The number of hydrogen-bond donors (Lipinski definition) is 2. The van der Waals surface area contributed by atoms with Crippen molar-refractivity contribution in [2.45, 2.75) is 50.7 Å². The van der Waals surface area contributed by atoms with Crippen molar-refractivity contribution in [1.29, 1.82) is 0 Å². The predicted octanol–water partition coefficient (Wildman–Crippen LogP) is 0.961. The van der Waals surface area contributed by atoms with Gasteiger partial charge in [-0.3, -0.25) is 4.90 Å². The SMILES string of the molecule is NCC1CCN(C2CCCCC2O)CC1. The fourth-order valence-electron chi connectivity index (χ4n) is 3.04. The average molecular weight is 212 g/mol. The topological polar surface area (TPSA) is 49.5 Å². The first-order valence-corrected chi connectivity index (χ1v) is 6.43. The molecule has 2 rings (SSSR count). The summed E-state index contributed by atoms with van der Waals surface area (Å²) in [6.45, 7) is 3.12. The molecule has 0 aromatic heterocycles. The maximum atomic E-state index is 9.98. The second kappa shape index (κ2) is 5.28. The number of aliphatic hydroxyl groups excluding tert-OH is 1. The lowest BCUT2D eigenvalue weighted by Gasteiger charge is -2.41. The highest BCUT2D eigenvalue weighted by molar-refractivity contribution is 4.86. The molecule has 88 valence electrons. The van der Waals surface area contributed by atoms with Crippen LogP contribution in [0.4, 0.5) is 0 Å². The van der Waals surface area contributed by atoms with Crippen LogP contribution >= 0.6 is 0 Å². The first-order chi connectivity index (χ1) is 7.31. The smallest absolute Gasteiger partial charge is 0.0695 e. The first kappa shape index (κ1) is 11.4. The molecule has 0 radical (unpaired) electrons. The summed E-state index contributed by atoms with van der Waals surface area (Å²) in [5, 5.41) is 9.98. The molecule has 1 aliphatic carbocycles. The van der Waals surface area contributed by atoms with Crippen LogP contribution in [0.15, 0.2) is 0 Å². The van der Waals surface area contributed by atoms with Gasteiger partial charge >= 0.3 is 0 Å². The number of nitrogens with zero attached hydrogens (tertiary/aromatic N) is 1. The van der Waals surface area contributed by atoms with E-state index < -0.39 is 0 Å². The molecule has 1 heterocycles. The quantitative estimate of drug-likeness (QED) is 0.717. The van der Waals surface area contributed by atoms with Gasteiger partial charge in [0.25, 0.3) is 0 Å². The van der Waals surface area contributed by atoms with Crippen molar-refractivity contribution >= 4 is 0 Å². The molecule has 2 atom stereocenters. The third kappa shape index (κ3) is 2.71. The Morgan fingerprint density at radius 2 is 1.73 bits per heavy atom. The van der Waals surface area contributed by atoms with Gasteiger partial charge in [-0.25, -0.2) is 0 Å². The number of nitrogens with two attached hydrogens (primary N) is 1. The molecule has 0 bridgehead atoms. The van der Waals surface area contributed by atoms with Crippen LogP contribution in [0.3, 0.4) is 0 Å². The lowest BCUT2D eigenvalue weighted by molar-refractivity contribution is 0.00466. The largest absolute Gasteiger partial charge is 0.391 e. The normalized spacial score (nSPS) is 35.6. The third-order valence-electron chi connectivity index (χ3n) is 4.15. The molecule has 2 aliphatic rings. The van der Waals surface area contributed by atoms with Gasteiger partial charge in [-0.2, -0.15) is 0 Å². The van der Waals surface area contributed by atoms with E-state index in [9.17, 15) is 5.11 Å². The minimum atomic E-state index is -0.0758. The second-order valence-electron chi connectivity index (χ2n) is 5.13. The van der Waals surface area contributed by atoms with Crippen molar-refractivity contribution in [1.82, 2.24) is 4.90 Å². The summed E-state index contributed by atoms with van der Waals surface area (Å²) in [5.74, 6) is 0.724. The lowest BCUT2D eigenvalue weighted by Crippen LogP contribution is -2.49. The average Bonchev–Trinajstić information content (AvgIpc) is 2.30. The highest BCUT2D eigenvalue weighted by Gasteiger charge is 2.30. The Morgan fingerprint density at radius 1 is 1.07 bits per heavy atom. The molecule has 3 N–H and O–H groups in total. The van der Waals surface area contributed by atoms with E-state index in [4.69, 9.17) is 5.73 Å². The van der Waals surface area contributed by atoms with E-state index in [1.165, 1.54) is 32.1 Å². The predicted molar refractivity (Wildman–Crippen MR) is 61.6 cm³/mol. The van der Waals surface area contributed by atoms with Crippen molar-refractivity contribution in [3.8, 4) is 0 Å². The molecule has 0 aromatic rings. The monoisotopic (exact) mass is 212 g/mol. The van der Waals surface area contributed by atoms with Gasteiger partial charge in [0.2, 0.25) is 0 Å². The van der Waals surface area contributed by atoms with E-state index in [1.807, 2.05) is 0 Å². The number of piperidine rings is 1. The minimum absolute atomic E-state index is 0.0758. The van der Waals surface area contributed by atoms with Crippen LogP contribution < -0.4 is 5.73 Å². The van der Waals surface area contributed by atoms with E-state index in [2.05, 4.69) is 4.90 Å². The zero-order valence-electron chi connectivity index (χ0n) is 9.57. The lowest BCUT2D eigenvalue weighted by atomic mass is 9.88. The summed E-state index contributed by atoms with van der Waals surface area (Å²) in [6, 6.07) is 0.442. The Bertz CT molecular complexity index is 190. The molecular formula is C12H24N2O. The maximum Gasteiger partial charge on any atom is 0.0695 e. The van der Waals surface area contributed by atoms with Crippen molar-refractivity contribution < 1.29 is 5.11 Å².